The molecule has 0 aromatic carbocycles. The number of esters is 1. The second-order valence-corrected chi connectivity index (χ2v) is 6.84. The standard InChI is InChI=1S/C18H22N2O3S.BrH/c1-5-23-18(22)16-13(3)14(4)24-17(16)19-15(21)8-11-20-9-6-12(2)7-10-20;/h6-7,9-10H,5,8,11H2,1-4H3;1H. The van der Waals surface area contributed by atoms with Gasteiger partial charge in [-0.05, 0) is 38.8 Å². The number of aryl methyl sites for hydroxylation is 3. The third kappa shape index (κ3) is 5.64. The molecule has 136 valence electrons. The van der Waals surface area contributed by atoms with Gasteiger partial charge in [-0.25, -0.2) is 9.36 Å². The fraction of sp³-hybridized carbons (Fsp3) is 0.389. The van der Waals surface area contributed by atoms with Crippen molar-refractivity contribution in [2.45, 2.75) is 40.7 Å². The molecular weight excluding hydrogens is 404 g/mol. The predicted molar refractivity (Wildman–Crippen MR) is 94.4 cm³/mol. The predicted octanol–water partition coefficient (Wildman–Crippen LogP) is 0.170. The molecule has 0 atom stereocenters. The van der Waals surface area contributed by atoms with Crippen molar-refractivity contribution in [1.29, 1.82) is 0 Å². The van der Waals surface area contributed by atoms with Crippen LogP contribution in [0.4, 0.5) is 5.00 Å². The Hall–Kier alpha value is -1.73. The number of rotatable bonds is 6. The van der Waals surface area contributed by atoms with Crippen LogP contribution in [0.5, 0.6) is 0 Å². The van der Waals surface area contributed by atoms with Crippen LogP contribution in [0.15, 0.2) is 24.5 Å². The summed E-state index contributed by atoms with van der Waals surface area (Å²) in [6.45, 7) is 8.49. The molecule has 25 heavy (non-hydrogen) atoms. The Labute approximate surface area is 162 Å². The zero-order valence-electron chi connectivity index (χ0n) is 14.9. The number of carbonyl (C=O) groups is 2. The lowest BCUT2D eigenvalue weighted by Crippen LogP contribution is -3.00. The average Bonchev–Trinajstić information content (AvgIpc) is 2.81. The Morgan fingerprint density at radius 3 is 2.44 bits per heavy atom. The van der Waals surface area contributed by atoms with Crippen molar-refractivity contribution in [2.75, 3.05) is 11.9 Å². The molecule has 0 radical (unpaired) electrons. The highest BCUT2D eigenvalue weighted by molar-refractivity contribution is 7.16. The Morgan fingerprint density at radius 2 is 1.84 bits per heavy atom. The number of halogens is 1. The van der Waals surface area contributed by atoms with Gasteiger partial charge in [0.1, 0.15) is 5.00 Å². The third-order valence-electron chi connectivity index (χ3n) is 3.77. The number of anilines is 1. The Balaban J connectivity index is 0.00000312. The number of nitrogens with one attached hydrogen (secondary N) is 1. The van der Waals surface area contributed by atoms with Gasteiger partial charge in [0.05, 0.1) is 18.6 Å². The molecule has 0 saturated heterocycles. The van der Waals surface area contributed by atoms with Crippen molar-refractivity contribution in [3.8, 4) is 0 Å². The van der Waals surface area contributed by atoms with E-state index in [0.717, 1.165) is 10.4 Å². The molecule has 2 aromatic heterocycles. The van der Waals surface area contributed by atoms with Crippen LogP contribution < -0.4 is 26.9 Å². The molecule has 0 spiro atoms. The van der Waals surface area contributed by atoms with Crippen LogP contribution in [0.1, 0.15) is 39.7 Å². The molecule has 0 aliphatic rings. The second kappa shape index (κ2) is 9.68. The number of thiophene rings is 1. The number of aromatic nitrogens is 1. The van der Waals surface area contributed by atoms with Gasteiger partial charge in [-0.3, -0.25) is 4.79 Å². The summed E-state index contributed by atoms with van der Waals surface area (Å²) in [6, 6.07) is 4.01. The molecule has 0 saturated carbocycles. The Bertz CT molecular complexity index is 742. The van der Waals surface area contributed by atoms with Gasteiger partial charge < -0.3 is 27.0 Å². The highest BCUT2D eigenvalue weighted by Gasteiger charge is 2.22. The smallest absolute Gasteiger partial charge is 0.341 e. The van der Waals surface area contributed by atoms with Crippen molar-refractivity contribution in [3.63, 3.8) is 0 Å². The summed E-state index contributed by atoms with van der Waals surface area (Å²) >= 11 is 1.41. The average molecular weight is 427 g/mol. The molecule has 5 nitrogen and oxygen atoms in total. The minimum atomic E-state index is -0.387. The summed E-state index contributed by atoms with van der Waals surface area (Å²) in [5.41, 5.74) is 2.51. The molecule has 0 fully saturated rings. The van der Waals surface area contributed by atoms with Gasteiger partial charge >= 0.3 is 5.97 Å². The number of carbonyl (C=O) groups excluding carboxylic acids is 2. The normalized spacial score (nSPS) is 10.1. The number of amides is 1. The largest absolute Gasteiger partial charge is 1.00 e. The molecule has 7 heteroatoms. The monoisotopic (exact) mass is 426 g/mol. The van der Waals surface area contributed by atoms with E-state index in [1.807, 2.05) is 49.9 Å². The molecule has 0 aliphatic carbocycles. The first-order valence-corrected chi connectivity index (χ1v) is 8.76. The lowest BCUT2D eigenvalue weighted by Gasteiger charge is -2.06. The zero-order chi connectivity index (χ0) is 17.7. The number of hydrogen-bond acceptors (Lipinski definition) is 4. The molecule has 0 unspecified atom stereocenters. The molecule has 1 N–H and O–H groups in total. The zero-order valence-corrected chi connectivity index (χ0v) is 17.3. The van der Waals surface area contributed by atoms with E-state index in [1.165, 1.54) is 16.9 Å². The summed E-state index contributed by atoms with van der Waals surface area (Å²) in [5, 5.41) is 3.43. The van der Waals surface area contributed by atoms with Crippen LogP contribution >= 0.6 is 11.3 Å². The molecule has 0 aliphatic heterocycles. The van der Waals surface area contributed by atoms with E-state index in [4.69, 9.17) is 4.74 Å². The molecule has 1 amide bonds. The maximum atomic E-state index is 12.2. The van der Waals surface area contributed by atoms with Gasteiger partial charge in [0.2, 0.25) is 5.91 Å². The summed E-state index contributed by atoms with van der Waals surface area (Å²) < 4.78 is 7.06. The van der Waals surface area contributed by atoms with E-state index >= 15 is 0 Å². The maximum Gasteiger partial charge on any atom is 0.341 e. The molecule has 2 rings (SSSR count). The van der Waals surface area contributed by atoms with E-state index in [2.05, 4.69) is 5.32 Å². The minimum absolute atomic E-state index is 0. The van der Waals surface area contributed by atoms with E-state index in [9.17, 15) is 9.59 Å². The van der Waals surface area contributed by atoms with Crippen molar-refractivity contribution in [3.05, 3.63) is 46.1 Å². The summed E-state index contributed by atoms with van der Waals surface area (Å²) in [7, 11) is 0. The maximum absolute atomic E-state index is 12.2. The molecule has 2 aromatic rings. The fourth-order valence-electron chi connectivity index (χ4n) is 2.26. The summed E-state index contributed by atoms with van der Waals surface area (Å²) in [6.07, 6.45) is 4.24. The van der Waals surface area contributed by atoms with Gasteiger partial charge in [-0.2, -0.15) is 0 Å². The first kappa shape index (κ1) is 21.3. The van der Waals surface area contributed by atoms with Crippen molar-refractivity contribution in [1.82, 2.24) is 0 Å². The first-order valence-electron chi connectivity index (χ1n) is 7.95. The lowest BCUT2D eigenvalue weighted by molar-refractivity contribution is -0.695. The van der Waals surface area contributed by atoms with Crippen LogP contribution in [0.3, 0.4) is 0 Å². The van der Waals surface area contributed by atoms with Crippen LogP contribution in [0, 0.1) is 20.8 Å². The van der Waals surface area contributed by atoms with Gasteiger partial charge in [-0.1, -0.05) is 0 Å². The van der Waals surface area contributed by atoms with Crippen LogP contribution in [0.2, 0.25) is 0 Å². The van der Waals surface area contributed by atoms with Crippen molar-refractivity contribution >= 4 is 28.2 Å². The van der Waals surface area contributed by atoms with Crippen LogP contribution in [-0.2, 0) is 16.1 Å². The third-order valence-corrected chi connectivity index (χ3v) is 4.90. The molecule has 2 heterocycles. The highest BCUT2D eigenvalue weighted by Crippen LogP contribution is 2.33. The lowest BCUT2D eigenvalue weighted by atomic mass is 10.1. The number of ether oxygens (including phenoxy) is 1. The van der Waals surface area contributed by atoms with E-state index in [0.29, 0.717) is 30.1 Å². The number of hydrogen-bond donors (Lipinski definition) is 1. The Morgan fingerprint density at radius 1 is 1.20 bits per heavy atom. The van der Waals surface area contributed by atoms with E-state index in [-0.39, 0.29) is 28.9 Å². The van der Waals surface area contributed by atoms with Crippen LogP contribution in [0.25, 0.3) is 0 Å². The van der Waals surface area contributed by atoms with Gasteiger partial charge in [0.15, 0.2) is 18.9 Å². The van der Waals surface area contributed by atoms with E-state index in [1.54, 1.807) is 6.92 Å². The SMILES string of the molecule is CCOC(=O)c1c(NC(=O)CC[n+]2ccc(C)cc2)sc(C)c1C.[Br-]. The fourth-order valence-corrected chi connectivity index (χ4v) is 3.33. The Kier molecular flexibility index (Phi) is 8.25. The van der Waals surface area contributed by atoms with Crippen molar-refractivity contribution < 1.29 is 35.9 Å². The molecular formula is C18H23BrN2O3S. The minimum Gasteiger partial charge on any atom is -1.00 e. The number of nitrogens with zero attached hydrogens (tertiary/aromatic N) is 1. The topological polar surface area (TPSA) is 59.3 Å². The summed E-state index contributed by atoms with van der Waals surface area (Å²) in [5.74, 6) is -0.502. The second-order valence-electron chi connectivity index (χ2n) is 5.62. The van der Waals surface area contributed by atoms with Gasteiger partial charge in [0, 0.05) is 17.0 Å². The van der Waals surface area contributed by atoms with Crippen LogP contribution in [-0.4, -0.2) is 18.5 Å². The van der Waals surface area contributed by atoms with Crippen molar-refractivity contribution in [2.24, 2.45) is 0 Å². The van der Waals surface area contributed by atoms with E-state index < -0.39 is 0 Å². The van der Waals surface area contributed by atoms with Gasteiger partial charge in [0.25, 0.3) is 0 Å². The highest BCUT2D eigenvalue weighted by atomic mass is 79.9. The quantitative estimate of drug-likeness (QED) is 0.529. The summed E-state index contributed by atoms with van der Waals surface area (Å²) in [4.78, 5) is 25.4. The molecule has 0 bridgehead atoms. The van der Waals surface area contributed by atoms with Gasteiger partial charge in [-0.15, -0.1) is 11.3 Å². The first-order chi connectivity index (χ1) is 11.4. The number of pyridine rings is 1.